The van der Waals surface area contributed by atoms with E-state index in [-0.39, 0.29) is 26.1 Å². The third kappa shape index (κ3) is 6.14. The summed E-state index contributed by atoms with van der Waals surface area (Å²) in [5.41, 5.74) is 0.734. The first kappa shape index (κ1) is 26.3. The van der Waals surface area contributed by atoms with Crippen molar-refractivity contribution in [1.82, 2.24) is 0 Å². The molecule has 38 heavy (non-hydrogen) atoms. The highest BCUT2D eigenvalue weighted by Crippen LogP contribution is 2.25. The summed E-state index contributed by atoms with van der Waals surface area (Å²) in [6.45, 7) is 0. The Morgan fingerprint density at radius 3 is 1.53 bits per heavy atom. The number of rotatable bonds is 8. The molecule has 0 unspecified atom stereocenters. The van der Waals surface area contributed by atoms with Crippen molar-refractivity contribution in [3.05, 3.63) is 113 Å². The minimum absolute atomic E-state index is 0.0311. The fourth-order valence-electron chi connectivity index (χ4n) is 3.33. The van der Waals surface area contributed by atoms with Gasteiger partial charge in [-0.2, -0.15) is 0 Å². The topological polar surface area (TPSA) is 165 Å². The minimum atomic E-state index is -3.92. The Morgan fingerprint density at radius 2 is 1.05 bits per heavy atom. The second-order valence-corrected chi connectivity index (χ2v) is 11.5. The highest BCUT2D eigenvalue weighted by Gasteiger charge is 2.19. The molecule has 0 saturated carbocycles. The number of urea groups is 1. The number of nitro benzene ring substituents is 1. The van der Waals surface area contributed by atoms with E-state index in [2.05, 4.69) is 15.4 Å². The maximum Gasteiger partial charge on any atom is 0.323 e. The smallest absolute Gasteiger partial charge is 0.308 e. The minimum Gasteiger partial charge on any atom is -0.308 e. The van der Waals surface area contributed by atoms with Gasteiger partial charge in [-0.05, 0) is 72.8 Å². The molecule has 0 spiro atoms. The molecule has 11 nitrogen and oxygen atoms in total. The molecule has 0 aliphatic rings. The van der Waals surface area contributed by atoms with Gasteiger partial charge in [0.15, 0.2) is 0 Å². The molecule has 0 aliphatic heterocycles. The number of hydrogen-bond donors (Lipinski definition) is 3. The predicted octanol–water partition coefficient (Wildman–Crippen LogP) is 4.87. The van der Waals surface area contributed by atoms with Crippen LogP contribution in [0, 0.1) is 10.1 Å². The number of benzene rings is 4. The maximum atomic E-state index is 13.0. The molecule has 13 heteroatoms. The lowest BCUT2D eigenvalue weighted by Crippen LogP contribution is -2.19. The number of nitrogens with one attached hydrogen (secondary N) is 3. The molecule has 0 fully saturated rings. The normalized spacial score (nSPS) is 11.4. The quantitative estimate of drug-likeness (QED) is 0.207. The van der Waals surface area contributed by atoms with Crippen LogP contribution in [0.25, 0.3) is 0 Å². The van der Waals surface area contributed by atoms with E-state index in [9.17, 15) is 31.7 Å². The lowest BCUT2D eigenvalue weighted by atomic mass is 10.3. The van der Waals surface area contributed by atoms with Gasteiger partial charge in [0.1, 0.15) is 0 Å². The number of anilines is 3. The summed E-state index contributed by atoms with van der Waals surface area (Å²) in [7, 11) is -7.74. The van der Waals surface area contributed by atoms with Crippen LogP contribution in [0.5, 0.6) is 0 Å². The van der Waals surface area contributed by atoms with Crippen molar-refractivity contribution in [2.75, 3.05) is 15.4 Å². The van der Waals surface area contributed by atoms with Crippen molar-refractivity contribution >= 4 is 48.6 Å². The molecule has 2 amide bonds. The zero-order chi connectivity index (χ0) is 27.3. The Balaban J connectivity index is 1.41. The van der Waals surface area contributed by atoms with Gasteiger partial charge in [-0.15, -0.1) is 0 Å². The number of non-ortho nitro benzene ring substituents is 1. The number of carbonyl (C=O) groups excluding carboxylic acids is 1. The van der Waals surface area contributed by atoms with Gasteiger partial charge in [-0.1, -0.05) is 18.2 Å². The largest absolute Gasteiger partial charge is 0.323 e. The number of sulfone groups is 1. The van der Waals surface area contributed by atoms with E-state index in [0.29, 0.717) is 11.4 Å². The van der Waals surface area contributed by atoms with Gasteiger partial charge >= 0.3 is 6.03 Å². The molecule has 3 N–H and O–H groups in total. The number of carbonyl (C=O) groups is 1. The molecular weight excluding hydrogens is 532 g/mol. The Bertz CT molecular complexity index is 1670. The van der Waals surface area contributed by atoms with Crippen LogP contribution < -0.4 is 15.4 Å². The number of nitrogens with zero attached hydrogens (tertiary/aromatic N) is 1. The summed E-state index contributed by atoms with van der Waals surface area (Å²) < 4.78 is 53.4. The van der Waals surface area contributed by atoms with E-state index >= 15 is 0 Å². The van der Waals surface area contributed by atoms with Crippen LogP contribution in [0.2, 0.25) is 0 Å². The maximum absolute atomic E-state index is 13.0. The third-order valence-corrected chi connectivity index (χ3v) is 8.41. The zero-order valence-corrected chi connectivity index (χ0v) is 21.1. The van der Waals surface area contributed by atoms with E-state index in [1.807, 2.05) is 0 Å². The zero-order valence-electron chi connectivity index (χ0n) is 19.4. The molecule has 0 heterocycles. The Morgan fingerprint density at radius 1 is 0.605 bits per heavy atom. The van der Waals surface area contributed by atoms with Crippen LogP contribution in [0.1, 0.15) is 0 Å². The van der Waals surface area contributed by atoms with Gasteiger partial charge in [0.05, 0.1) is 19.6 Å². The van der Waals surface area contributed by atoms with E-state index in [1.165, 1.54) is 84.9 Å². The highest BCUT2D eigenvalue weighted by molar-refractivity contribution is 7.92. The van der Waals surface area contributed by atoms with Crippen molar-refractivity contribution in [3.8, 4) is 0 Å². The molecule has 194 valence electrons. The summed E-state index contributed by atoms with van der Waals surface area (Å²) in [4.78, 5) is 22.4. The fraction of sp³-hybridized carbons (Fsp3) is 0. The van der Waals surface area contributed by atoms with Gasteiger partial charge in [0.2, 0.25) is 9.84 Å². The molecule has 0 bridgehead atoms. The van der Waals surface area contributed by atoms with Gasteiger partial charge in [-0.3, -0.25) is 14.8 Å². The van der Waals surface area contributed by atoms with Gasteiger partial charge < -0.3 is 10.6 Å². The summed E-state index contributed by atoms with van der Waals surface area (Å²) in [6, 6.07) is 23.2. The van der Waals surface area contributed by atoms with E-state index in [1.54, 1.807) is 18.2 Å². The van der Waals surface area contributed by atoms with Crippen molar-refractivity contribution in [1.29, 1.82) is 0 Å². The van der Waals surface area contributed by atoms with E-state index < -0.39 is 30.8 Å². The Labute approximate surface area is 218 Å². The number of nitro groups is 1. The molecule has 4 rings (SSSR count). The fourth-order valence-corrected chi connectivity index (χ4v) is 5.67. The Hall–Kier alpha value is -4.75. The molecule has 0 aromatic heterocycles. The van der Waals surface area contributed by atoms with Crippen molar-refractivity contribution in [2.24, 2.45) is 0 Å². The summed E-state index contributed by atoms with van der Waals surface area (Å²) in [5.74, 6) is 0. The second-order valence-electron chi connectivity index (χ2n) is 7.85. The lowest BCUT2D eigenvalue weighted by molar-refractivity contribution is -0.384. The molecule has 0 saturated heterocycles. The number of amides is 2. The first-order valence-electron chi connectivity index (χ1n) is 10.9. The summed E-state index contributed by atoms with van der Waals surface area (Å²) in [5, 5.41) is 15.8. The molecule has 4 aromatic carbocycles. The predicted molar refractivity (Wildman–Crippen MR) is 141 cm³/mol. The monoisotopic (exact) mass is 552 g/mol. The molecule has 0 atom stereocenters. The SMILES string of the molecule is O=C(Nc1ccc([N+](=O)[O-])cc1)Nc1ccc(S(=O)(=O)c2ccc(NS(=O)(=O)c3ccccc3)cc2)cc1. The van der Waals surface area contributed by atoms with Gasteiger partial charge in [-0.25, -0.2) is 21.6 Å². The summed E-state index contributed by atoms with van der Waals surface area (Å²) >= 11 is 0. The van der Waals surface area contributed by atoms with Crippen molar-refractivity contribution in [3.63, 3.8) is 0 Å². The van der Waals surface area contributed by atoms with Gasteiger partial charge in [0.25, 0.3) is 15.7 Å². The van der Waals surface area contributed by atoms with Crippen LogP contribution in [0.4, 0.5) is 27.5 Å². The van der Waals surface area contributed by atoms with Crippen LogP contribution in [0.3, 0.4) is 0 Å². The highest BCUT2D eigenvalue weighted by atomic mass is 32.2. The van der Waals surface area contributed by atoms with E-state index in [4.69, 9.17) is 0 Å². The molecule has 4 aromatic rings. The lowest BCUT2D eigenvalue weighted by Gasteiger charge is -2.10. The van der Waals surface area contributed by atoms with Crippen LogP contribution in [-0.4, -0.2) is 27.8 Å². The average Bonchev–Trinajstić information content (AvgIpc) is 2.90. The Kier molecular flexibility index (Phi) is 7.41. The molecule has 0 radical (unpaired) electrons. The van der Waals surface area contributed by atoms with E-state index in [0.717, 1.165) is 0 Å². The molecular formula is C25H20N4O7S2. The van der Waals surface area contributed by atoms with Crippen molar-refractivity contribution < 1.29 is 26.6 Å². The standard InChI is InChI=1S/C25H20N4O7S2/c30-25(26-18-6-12-21(13-7-18)29(31)32)27-19-8-14-22(15-9-19)37(33,34)23-16-10-20(11-17-23)28-38(35,36)24-4-2-1-3-5-24/h1-17,28H,(H2,26,27,30). The molecule has 0 aliphatic carbocycles. The first-order valence-corrected chi connectivity index (χ1v) is 13.9. The number of sulfonamides is 1. The van der Waals surface area contributed by atoms with Crippen LogP contribution in [-0.2, 0) is 19.9 Å². The van der Waals surface area contributed by atoms with Crippen molar-refractivity contribution in [2.45, 2.75) is 14.7 Å². The number of hydrogen-bond acceptors (Lipinski definition) is 7. The second kappa shape index (κ2) is 10.7. The first-order chi connectivity index (χ1) is 18.0. The van der Waals surface area contributed by atoms with Crippen LogP contribution >= 0.6 is 0 Å². The van der Waals surface area contributed by atoms with Crippen LogP contribution in [0.15, 0.2) is 118 Å². The average molecular weight is 553 g/mol. The summed E-state index contributed by atoms with van der Waals surface area (Å²) in [6.07, 6.45) is 0. The van der Waals surface area contributed by atoms with Gasteiger partial charge in [0, 0.05) is 29.2 Å². The third-order valence-electron chi connectivity index (χ3n) is 5.23.